The van der Waals surface area contributed by atoms with Crippen molar-refractivity contribution in [1.29, 1.82) is 0 Å². The quantitative estimate of drug-likeness (QED) is 0.482. The van der Waals surface area contributed by atoms with E-state index in [0.717, 1.165) is 25.2 Å². The van der Waals surface area contributed by atoms with Crippen molar-refractivity contribution in [3.8, 4) is 5.75 Å². The lowest BCUT2D eigenvalue weighted by Gasteiger charge is -2.13. The molecule has 3 heteroatoms. The molecule has 2 N–H and O–H groups in total. The standard InChI is InChI=1S/C17H29NO2/c1-3-4-5-6-10-15(2)19-13-9-14-20-17-12-8-7-11-16(17)18/h7-8,11-12,15H,3-6,9-10,13-14,18H2,1-2H3. The van der Waals surface area contributed by atoms with E-state index >= 15 is 0 Å². The number of benzene rings is 1. The highest BCUT2D eigenvalue weighted by molar-refractivity contribution is 5.51. The summed E-state index contributed by atoms with van der Waals surface area (Å²) in [7, 11) is 0. The molecule has 3 nitrogen and oxygen atoms in total. The Bertz CT molecular complexity index is 355. The Balaban J connectivity index is 2.00. The zero-order valence-electron chi connectivity index (χ0n) is 12.9. The van der Waals surface area contributed by atoms with Crippen LogP contribution in [0.3, 0.4) is 0 Å². The highest BCUT2D eigenvalue weighted by atomic mass is 16.5. The summed E-state index contributed by atoms with van der Waals surface area (Å²) in [6.07, 6.45) is 7.62. The van der Waals surface area contributed by atoms with Gasteiger partial charge in [-0.1, -0.05) is 44.7 Å². The van der Waals surface area contributed by atoms with E-state index in [1.165, 1.54) is 25.7 Å². The van der Waals surface area contributed by atoms with Crippen LogP contribution in [-0.4, -0.2) is 19.3 Å². The van der Waals surface area contributed by atoms with Crippen molar-refractivity contribution >= 4 is 5.69 Å². The first-order valence-electron chi connectivity index (χ1n) is 7.83. The van der Waals surface area contributed by atoms with Crippen LogP contribution in [0.1, 0.15) is 52.4 Å². The van der Waals surface area contributed by atoms with Crippen molar-refractivity contribution < 1.29 is 9.47 Å². The molecule has 0 heterocycles. The summed E-state index contributed by atoms with van der Waals surface area (Å²) in [6.45, 7) is 5.79. The summed E-state index contributed by atoms with van der Waals surface area (Å²) in [5.74, 6) is 0.764. The predicted octanol–water partition coefficient (Wildman–Crippen LogP) is 4.41. The maximum Gasteiger partial charge on any atom is 0.142 e. The predicted molar refractivity (Wildman–Crippen MR) is 85.1 cm³/mol. The lowest BCUT2D eigenvalue weighted by Crippen LogP contribution is -2.11. The zero-order valence-corrected chi connectivity index (χ0v) is 12.9. The van der Waals surface area contributed by atoms with E-state index < -0.39 is 0 Å². The smallest absolute Gasteiger partial charge is 0.142 e. The van der Waals surface area contributed by atoms with E-state index in [2.05, 4.69) is 13.8 Å². The number of unbranched alkanes of at least 4 members (excludes halogenated alkanes) is 3. The Morgan fingerprint density at radius 3 is 2.60 bits per heavy atom. The van der Waals surface area contributed by atoms with E-state index in [1.807, 2.05) is 24.3 Å². The molecule has 0 spiro atoms. The van der Waals surface area contributed by atoms with Gasteiger partial charge in [-0.2, -0.15) is 0 Å². The molecular weight excluding hydrogens is 250 g/mol. The van der Waals surface area contributed by atoms with Crippen molar-refractivity contribution in [2.75, 3.05) is 18.9 Å². The Morgan fingerprint density at radius 1 is 1.05 bits per heavy atom. The summed E-state index contributed by atoms with van der Waals surface area (Å²) >= 11 is 0. The minimum absolute atomic E-state index is 0.355. The van der Waals surface area contributed by atoms with Crippen molar-refractivity contribution in [2.24, 2.45) is 0 Å². The Labute approximate surface area is 123 Å². The summed E-state index contributed by atoms with van der Waals surface area (Å²) in [5, 5.41) is 0. The Kier molecular flexibility index (Phi) is 8.88. The monoisotopic (exact) mass is 279 g/mol. The van der Waals surface area contributed by atoms with Crippen LogP contribution >= 0.6 is 0 Å². The van der Waals surface area contributed by atoms with Gasteiger partial charge in [0.05, 0.1) is 25.0 Å². The SMILES string of the molecule is CCCCCCC(C)OCCCOc1ccccc1N. The highest BCUT2D eigenvalue weighted by Crippen LogP contribution is 2.19. The van der Waals surface area contributed by atoms with Crippen LogP contribution in [0.25, 0.3) is 0 Å². The summed E-state index contributed by atoms with van der Waals surface area (Å²) in [6, 6.07) is 7.59. The minimum Gasteiger partial charge on any atom is -0.491 e. The van der Waals surface area contributed by atoms with Gasteiger partial charge in [-0.25, -0.2) is 0 Å². The molecule has 0 saturated heterocycles. The molecule has 0 fully saturated rings. The molecule has 0 amide bonds. The molecule has 0 bridgehead atoms. The van der Waals surface area contributed by atoms with E-state index in [1.54, 1.807) is 0 Å². The number of hydrogen-bond acceptors (Lipinski definition) is 3. The van der Waals surface area contributed by atoms with Crippen LogP contribution in [0.5, 0.6) is 5.75 Å². The van der Waals surface area contributed by atoms with Crippen molar-refractivity contribution in [2.45, 2.75) is 58.5 Å². The van der Waals surface area contributed by atoms with E-state index in [4.69, 9.17) is 15.2 Å². The van der Waals surface area contributed by atoms with Gasteiger partial charge in [-0.05, 0) is 25.5 Å². The van der Waals surface area contributed by atoms with E-state index in [0.29, 0.717) is 18.4 Å². The van der Waals surface area contributed by atoms with Crippen LogP contribution in [0.15, 0.2) is 24.3 Å². The lowest BCUT2D eigenvalue weighted by molar-refractivity contribution is 0.0507. The molecule has 0 aromatic heterocycles. The van der Waals surface area contributed by atoms with Gasteiger partial charge in [0.1, 0.15) is 5.75 Å². The number of ether oxygens (including phenoxy) is 2. The van der Waals surface area contributed by atoms with Gasteiger partial charge >= 0.3 is 0 Å². The summed E-state index contributed by atoms with van der Waals surface area (Å²) < 4.78 is 11.4. The molecule has 1 unspecified atom stereocenters. The second-order valence-electron chi connectivity index (χ2n) is 5.27. The maximum absolute atomic E-state index is 5.81. The second-order valence-corrected chi connectivity index (χ2v) is 5.27. The van der Waals surface area contributed by atoms with Crippen molar-refractivity contribution in [3.05, 3.63) is 24.3 Å². The van der Waals surface area contributed by atoms with Gasteiger partial charge < -0.3 is 15.2 Å². The molecule has 1 rings (SSSR count). The van der Waals surface area contributed by atoms with Crippen molar-refractivity contribution in [3.63, 3.8) is 0 Å². The van der Waals surface area contributed by atoms with Gasteiger partial charge in [0.2, 0.25) is 0 Å². The fraction of sp³-hybridized carbons (Fsp3) is 0.647. The van der Waals surface area contributed by atoms with Gasteiger partial charge in [0.15, 0.2) is 0 Å². The third kappa shape index (κ3) is 7.39. The molecule has 0 radical (unpaired) electrons. The maximum atomic E-state index is 5.81. The number of anilines is 1. The van der Waals surface area contributed by atoms with E-state index in [9.17, 15) is 0 Å². The van der Waals surface area contributed by atoms with Gasteiger partial charge in [-0.15, -0.1) is 0 Å². The van der Waals surface area contributed by atoms with Crippen LogP contribution in [-0.2, 0) is 4.74 Å². The molecule has 0 saturated carbocycles. The first-order valence-corrected chi connectivity index (χ1v) is 7.83. The average molecular weight is 279 g/mol. The normalized spacial score (nSPS) is 12.3. The number of rotatable bonds is 11. The molecule has 0 aliphatic carbocycles. The van der Waals surface area contributed by atoms with Crippen LogP contribution in [0.2, 0.25) is 0 Å². The largest absolute Gasteiger partial charge is 0.491 e. The first-order chi connectivity index (χ1) is 9.74. The Morgan fingerprint density at radius 2 is 1.85 bits per heavy atom. The average Bonchev–Trinajstić information content (AvgIpc) is 2.45. The van der Waals surface area contributed by atoms with Crippen LogP contribution < -0.4 is 10.5 Å². The third-order valence-corrected chi connectivity index (χ3v) is 3.33. The number of nitrogen functional groups attached to an aromatic ring is 1. The topological polar surface area (TPSA) is 44.5 Å². The molecule has 0 aliphatic rings. The van der Waals surface area contributed by atoms with Crippen LogP contribution in [0, 0.1) is 0 Å². The summed E-state index contributed by atoms with van der Waals surface area (Å²) in [5.41, 5.74) is 6.50. The van der Waals surface area contributed by atoms with Crippen LogP contribution in [0.4, 0.5) is 5.69 Å². The zero-order chi connectivity index (χ0) is 14.6. The molecule has 1 aromatic rings. The molecule has 20 heavy (non-hydrogen) atoms. The van der Waals surface area contributed by atoms with Crippen molar-refractivity contribution in [1.82, 2.24) is 0 Å². The van der Waals surface area contributed by atoms with Gasteiger partial charge in [-0.3, -0.25) is 0 Å². The Hall–Kier alpha value is -1.22. The third-order valence-electron chi connectivity index (χ3n) is 3.33. The first kappa shape index (κ1) is 16.8. The number of nitrogens with two attached hydrogens (primary N) is 1. The highest BCUT2D eigenvalue weighted by Gasteiger charge is 2.02. The summed E-state index contributed by atoms with van der Waals surface area (Å²) in [4.78, 5) is 0. The molecular formula is C17H29NO2. The van der Waals surface area contributed by atoms with Gasteiger partial charge in [0, 0.05) is 6.42 Å². The molecule has 1 aromatic carbocycles. The number of para-hydroxylation sites is 2. The second kappa shape index (κ2) is 10.6. The fourth-order valence-corrected chi connectivity index (χ4v) is 2.08. The number of hydrogen-bond donors (Lipinski definition) is 1. The molecule has 0 aliphatic heterocycles. The molecule has 1 atom stereocenters. The fourth-order valence-electron chi connectivity index (χ4n) is 2.08. The van der Waals surface area contributed by atoms with Gasteiger partial charge in [0.25, 0.3) is 0 Å². The lowest BCUT2D eigenvalue weighted by atomic mass is 10.1. The van der Waals surface area contributed by atoms with E-state index in [-0.39, 0.29) is 0 Å². The molecule has 114 valence electrons. The minimum atomic E-state index is 0.355.